The van der Waals surface area contributed by atoms with Crippen LogP contribution in [0.1, 0.15) is 32.6 Å². The summed E-state index contributed by atoms with van der Waals surface area (Å²) >= 11 is 3.03. The first kappa shape index (κ1) is 16.3. The first-order valence-electron chi connectivity index (χ1n) is 7.03. The van der Waals surface area contributed by atoms with Gasteiger partial charge in [-0.2, -0.15) is 8.78 Å². The minimum atomic E-state index is -3.47. The number of fused-ring (bicyclic) bond motifs is 1. The molecule has 0 aromatic rings. The molecule has 2 saturated heterocycles. The summed E-state index contributed by atoms with van der Waals surface area (Å²) in [6, 6.07) is 0. The Hall–Kier alpha value is -0.540. The van der Waals surface area contributed by atoms with Crippen LogP contribution >= 0.6 is 23.5 Å². The maximum atomic E-state index is 12.8. The molecule has 0 radical (unpaired) electrons. The molecule has 3 atom stereocenters. The molecule has 124 valence electrons. The van der Waals surface area contributed by atoms with Gasteiger partial charge in [0.15, 0.2) is 11.5 Å². The van der Waals surface area contributed by atoms with Crippen molar-refractivity contribution in [2.75, 3.05) is 0 Å². The Morgan fingerprint density at radius 1 is 1.41 bits per heavy atom. The monoisotopic (exact) mass is 354 g/mol. The molecule has 0 aromatic heterocycles. The highest BCUT2D eigenvalue weighted by atomic mass is 32.2. The number of carbonyl (C=O) groups is 2. The van der Waals surface area contributed by atoms with Crippen molar-refractivity contribution in [2.24, 2.45) is 0 Å². The number of aliphatic hydroxyl groups excluding tert-OH is 1. The highest BCUT2D eigenvalue weighted by Gasteiger charge is 2.58. The number of rotatable bonds is 2. The number of hydrogen-bond donors (Lipinski definition) is 1. The first-order valence-corrected chi connectivity index (χ1v) is 8.79. The molecule has 1 saturated carbocycles. The van der Waals surface area contributed by atoms with Gasteiger partial charge in [-0.15, -0.1) is 11.8 Å². The van der Waals surface area contributed by atoms with Crippen LogP contribution in [0.2, 0.25) is 0 Å². The fourth-order valence-corrected chi connectivity index (χ4v) is 6.74. The van der Waals surface area contributed by atoms with Gasteiger partial charge in [0.1, 0.15) is 6.10 Å². The average molecular weight is 354 g/mol. The van der Waals surface area contributed by atoms with Crippen LogP contribution in [0.3, 0.4) is 0 Å². The SMILES string of the molecule is CC(F)(F)C(=O)OC1CCC2(CC1)SC1OC(=O)C(O)C1S2. The lowest BCUT2D eigenvalue weighted by Crippen LogP contribution is -2.36. The van der Waals surface area contributed by atoms with Crippen LogP contribution < -0.4 is 0 Å². The predicted octanol–water partition coefficient (Wildman–Crippen LogP) is 1.92. The molecule has 3 rings (SSSR count). The van der Waals surface area contributed by atoms with Crippen LogP contribution in [0.25, 0.3) is 0 Å². The molecule has 0 aromatic carbocycles. The van der Waals surface area contributed by atoms with Crippen molar-refractivity contribution in [1.82, 2.24) is 0 Å². The van der Waals surface area contributed by atoms with Crippen molar-refractivity contribution in [1.29, 1.82) is 0 Å². The lowest BCUT2D eigenvalue weighted by Gasteiger charge is -2.36. The standard InChI is InChI=1S/C13H16F2O5S2/c1-12(14,15)11(18)19-6-2-4-13(5-3-6)21-8-7(16)9(17)20-10(8)22-13/h6-8,10,16H,2-5H2,1H3. The second kappa shape index (κ2) is 5.52. The number of hydrogen-bond acceptors (Lipinski definition) is 7. The summed E-state index contributed by atoms with van der Waals surface area (Å²) in [5, 5.41) is 9.50. The van der Waals surface area contributed by atoms with E-state index in [1.54, 1.807) is 0 Å². The van der Waals surface area contributed by atoms with Gasteiger partial charge in [-0.25, -0.2) is 9.59 Å². The minimum Gasteiger partial charge on any atom is -0.458 e. The third kappa shape index (κ3) is 2.94. The van der Waals surface area contributed by atoms with E-state index in [-0.39, 0.29) is 14.8 Å². The van der Waals surface area contributed by atoms with E-state index in [1.807, 2.05) is 0 Å². The van der Waals surface area contributed by atoms with Crippen molar-refractivity contribution in [2.45, 2.75) is 65.5 Å². The van der Waals surface area contributed by atoms with Gasteiger partial charge in [-0.3, -0.25) is 0 Å². The van der Waals surface area contributed by atoms with Crippen molar-refractivity contribution >= 4 is 35.5 Å². The van der Waals surface area contributed by atoms with E-state index in [9.17, 15) is 23.5 Å². The van der Waals surface area contributed by atoms with E-state index < -0.39 is 30.1 Å². The Kier molecular flexibility index (Phi) is 4.10. The Labute approximate surface area is 134 Å². The van der Waals surface area contributed by atoms with Gasteiger partial charge in [-0.05, 0) is 25.7 Å². The molecular weight excluding hydrogens is 338 g/mol. The number of carbonyl (C=O) groups excluding carboxylic acids is 2. The Morgan fingerprint density at radius 3 is 2.59 bits per heavy atom. The summed E-state index contributed by atoms with van der Waals surface area (Å²) in [6.45, 7) is 0.527. The van der Waals surface area contributed by atoms with E-state index in [0.717, 1.165) is 0 Å². The van der Waals surface area contributed by atoms with Crippen LogP contribution in [-0.2, 0) is 19.1 Å². The molecule has 22 heavy (non-hydrogen) atoms. The van der Waals surface area contributed by atoms with E-state index in [2.05, 4.69) is 0 Å². The molecule has 5 nitrogen and oxygen atoms in total. The molecular formula is C13H16F2O5S2. The summed E-state index contributed by atoms with van der Waals surface area (Å²) in [6.07, 6.45) is 0.699. The summed E-state index contributed by atoms with van der Waals surface area (Å²) < 4.78 is 35.5. The molecule has 3 fully saturated rings. The largest absolute Gasteiger partial charge is 0.458 e. The zero-order chi connectivity index (χ0) is 16.1. The van der Waals surface area contributed by atoms with Crippen LogP contribution in [-0.4, -0.2) is 49.9 Å². The van der Waals surface area contributed by atoms with Gasteiger partial charge < -0.3 is 14.6 Å². The van der Waals surface area contributed by atoms with E-state index >= 15 is 0 Å². The van der Waals surface area contributed by atoms with Crippen molar-refractivity contribution in [3.8, 4) is 0 Å². The number of ether oxygens (including phenoxy) is 2. The second-order valence-corrected chi connectivity index (χ2v) is 9.16. The minimum absolute atomic E-state index is 0.200. The van der Waals surface area contributed by atoms with Crippen LogP contribution in [0.4, 0.5) is 8.78 Å². The van der Waals surface area contributed by atoms with Gasteiger partial charge in [0.25, 0.3) is 0 Å². The molecule has 9 heteroatoms. The third-order valence-electron chi connectivity index (χ3n) is 4.06. The Bertz CT molecular complexity index is 487. The molecule has 1 spiro atoms. The predicted molar refractivity (Wildman–Crippen MR) is 76.6 cm³/mol. The van der Waals surface area contributed by atoms with E-state index in [0.29, 0.717) is 32.6 Å². The summed E-state index contributed by atoms with van der Waals surface area (Å²) in [4.78, 5) is 22.5. The maximum absolute atomic E-state index is 12.8. The number of esters is 2. The van der Waals surface area contributed by atoms with Crippen molar-refractivity contribution in [3.63, 3.8) is 0 Å². The molecule has 1 aliphatic carbocycles. The van der Waals surface area contributed by atoms with Gasteiger partial charge >= 0.3 is 17.9 Å². The fraction of sp³-hybridized carbons (Fsp3) is 0.846. The Balaban J connectivity index is 1.55. The van der Waals surface area contributed by atoms with E-state index in [1.165, 1.54) is 23.5 Å². The molecule has 3 unspecified atom stereocenters. The lowest BCUT2D eigenvalue weighted by molar-refractivity contribution is -0.176. The highest BCUT2D eigenvalue weighted by molar-refractivity contribution is 8.22. The fourth-order valence-electron chi connectivity index (χ4n) is 2.87. The smallest absolute Gasteiger partial charge is 0.376 e. The van der Waals surface area contributed by atoms with Gasteiger partial charge in [-0.1, -0.05) is 11.8 Å². The number of alkyl halides is 2. The number of thioether (sulfide) groups is 2. The van der Waals surface area contributed by atoms with Gasteiger partial charge in [0, 0.05) is 6.92 Å². The van der Waals surface area contributed by atoms with E-state index in [4.69, 9.17) is 9.47 Å². The van der Waals surface area contributed by atoms with Crippen molar-refractivity contribution in [3.05, 3.63) is 0 Å². The molecule has 0 amide bonds. The summed E-state index contributed by atoms with van der Waals surface area (Å²) in [5.74, 6) is -5.54. The van der Waals surface area contributed by atoms with Crippen LogP contribution in [0.15, 0.2) is 0 Å². The molecule has 2 aliphatic heterocycles. The Morgan fingerprint density at radius 2 is 2.05 bits per heavy atom. The molecule has 1 N–H and O–H groups in total. The zero-order valence-corrected chi connectivity index (χ0v) is 13.4. The zero-order valence-electron chi connectivity index (χ0n) is 11.8. The van der Waals surface area contributed by atoms with Crippen molar-refractivity contribution < 1.29 is 33.0 Å². The topological polar surface area (TPSA) is 72.8 Å². The van der Waals surface area contributed by atoms with Gasteiger partial charge in [0.05, 0.1) is 9.33 Å². The quantitative estimate of drug-likeness (QED) is 0.760. The summed E-state index contributed by atoms with van der Waals surface area (Å²) in [5.41, 5.74) is -0.355. The molecule has 0 bridgehead atoms. The maximum Gasteiger partial charge on any atom is 0.376 e. The second-order valence-electron chi connectivity index (χ2n) is 5.85. The lowest BCUT2D eigenvalue weighted by atomic mass is 9.96. The highest BCUT2D eigenvalue weighted by Crippen LogP contribution is 2.61. The number of halogens is 2. The van der Waals surface area contributed by atoms with Gasteiger partial charge in [0.2, 0.25) is 0 Å². The molecule has 3 aliphatic rings. The summed E-state index contributed by atoms with van der Waals surface area (Å²) in [7, 11) is 0. The van der Waals surface area contributed by atoms with Crippen LogP contribution in [0.5, 0.6) is 0 Å². The number of aliphatic hydroxyl groups is 1. The normalized spacial score (nSPS) is 41.4. The third-order valence-corrected chi connectivity index (χ3v) is 7.89. The average Bonchev–Trinajstić information content (AvgIpc) is 2.89. The van der Waals surface area contributed by atoms with Crippen LogP contribution in [0, 0.1) is 0 Å². The first-order chi connectivity index (χ1) is 10.2. The molecule has 2 heterocycles.